The molecule has 1 aliphatic heterocycles. The lowest BCUT2D eigenvalue weighted by atomic mass is 10.0. The molecule has 5 nitrogen and oxygen atoms in total. The van der Waals surface area contributed by atoms with Gasteiger partial charge in [-0.3, -0.25) is 4.79 Å². The molecule has 0 radical (unpaired) electrons. The van der Waals surface area contributed by atoms with E-state index in [1.54, 1.807) is 6.92 Å². The van der Waals surface area contributed by atoms with Gasteiger partial charge in [-0.05, 0) is 19.8 Å². The highest BCUT2D eigenvalue weighted by molar-refractivity contribution is 7.90. The summed E-state index contributed by atoms with van der Waals surface area (Å²) < 4.78 is 22.3. The van der Waals surface area contributed by atoms with E-state index >= 15 is 0 Å². The number of sulfone groups is 1. The minimum absolute atomic E-state index is 0.0288. The van der Waals surface area contributed by atoms with Gasteiger partial charge in [-0.25, -0.2) is 8.42 Å². The van der Waals surface area contributed by atoms with E-state index in [0.717, 1.165) is 25.9 Å². The van der Waals surface area contributed by atoms with Crippen molar-refractivity contribution < 1.29 is 13.2 Å². The fourth-order valence-corrected chi connectivity index (χ4v) is 3.27. The summed E-state index contributed by atoms with van der Waals surface area (Å²) in [7, 11) is -2.93. The molecule has 1 rings (SSSR count). The Labute approximate surface area is 103 Å². The molecule has 0 saturated carbocycles. The summed E-state index contributed by atoms with van der Waals surface area (Å²) in [6.45, 7) is 5.00. The van der Waals surface area contributed by atoms with Crippen molar-refractivity contribution in [1.29, 1.82) is 0 Å². The molecule has 6 heteroatoms. The molecule has 1 fully saturated rings. The van der Waals surface area contributed by atoms with Crippen molar-refractivity contribution >= 4 is 15.7 Å². The molecule has 0 aromatic carbocycles. The maximum absolute atomic E-state index is 11.1. The van der Waals surface area contributed by atoms with Gasteiger partial charge in [0, 0.05) is 38.4 Å². The predicted molar refractivity (Wildman–Crippen MR) is 67.6 cm³/mol. The Kier molecular flexibility index (Phi) is 4.94. The second kappa shape index (κ2) is 5.82. The largest absolute Gasteiger partial charge is 0.343 e. The number of rotatable bonds is 4. The Morgan fingerprint density at radius 2 is 1.94 bits per heavy atom. The number of hydrogen-bond donors (Lipinski definition) is 1. The third-order valence-corrected chi connectivity index (χ3v) is 4.12. The Hall–Kier alpha value is -0.620. The minimum Gasteiger partial charge on any atom is -0.343 e. The van der Waals surface area contributed by atoms with Gasteiger partial charge in [0.2, 0.25) is 5.91 Å². The van der Waals surface area contributed by atoms with Gasteiger partial charge in [-0.15, -0.1) is 0 Å². The normalized spacial score (nSPS) is 20.3. The van der Waals surface area contributed by atoms with Crippen LogP contribution in [-0.2, 0) is 14.6 Å². The van der Waals surface area contributed by atoms with Crippen LogP contribution in [0.5, 0.6) is 0 Å². The first kappa shape index (κ1) is 14.4. The van der Waals surface area contributed by atoms with Gasteiger partial charge in [-0.2, -0.15) is 0 Å². The molecule has 1 atom stereocenters. The topological polar surface area (TPSA) is 66.5 Å². The van der Waals surface area contributed by atoms with E-state index in [-0.39, 0.29) is 17.7 Å². The van der Waals surface area contributed by atoms with Gasteiger partial charge >= 0.3 is 0 Å². The number of hydrogen-bond acceptors (Lipinski definition) is 4. The summed E-state index contributed by atoms with van der Waals surface area (Å²) in [5.41, 5.74) is 0. The molecule has 0 aromatic rings. The van der Waals surface area contributed by atoms with E-state index in [0.29, 0.717) is 6.04 Å². The summed E-state index contributed by atoms with van der Waals surface area (Å²) in [6, 6.07) is 0.293. The lowest BCUT2D eigenvalue weighted by molar-refractivity contribution is -0.129. The van der Waals surface area contributed by atoms with Crippen molar-refractivity contribution in [3.8, 4) is 0 Å². The van der Waals surface area contributed by atoms with Crippen LogP contribution in [0.3, 0.4) is 0 Å². The zero-order valence-electron chi connectivity index (χ0n) is 10.8. The Balaban J connectivity index is 2.33. The van der Waals surface area contributed by atoms with Crippen LogP contribution in [0, 0.1) is 0 Å². The fourth-order valence-electron chi connectivity index (χ4n) is 2.27. The van der Waals surface area contributed by atoms with Gasteiger partial charge in [-0.1, -0.05) is 0 Å². The molecule has 1 unspecified atom stereocenters. The van der Waals surface area contributed by atoms with Crippen LogP contribution < -0.4 is 5.32 Å². The molecule has 0 aromatic heterocycles. The smallest absolute Gasteiger partial charge is 0.219 e. The van der Waals surface area contributed by atoms with E-state index in [1.807, 2.05) is 11.8 Å². The van der Waals surface area contributed by atoms with E-state index in [9.17, 15) is 13.2 Å². The predicted octanol–water partition coefficient (Wildman–Crippen LogP) is 0.0200. The van der Waals surface area contributed by atoms with Crippen LogP contribution in [0.2, 0.25) is 0 Å². The highest BCUT2D eigenvalue weighted by Crippen LogP contribution is 2.11. The number of carbonyl (C=O) groups excluding carboxylic acids is 1. The van der Waals surface area contributed by atoms with Crippen molar-refractivity contribution in [3.63, 3.8) is 0 Å². The van der Waals surface area contributed by atoms with Crippen LogP contribution in [0.15, 0.2) is 0 Å². The zero-order chi connectivity index (χ0) is 13.1. The Morgan fingerprint density at radius 1 is 1.41 bits per heavy atom. The molecule has 0 aliphatic carbocycles. The van der Waals surface area contributed by atoms with E-state index in [1.165, 1.54) is 6.26 Å². The molecule has 1 aliphatic rings. The first-order chi connectivity index (χ1) is 7.78. The van der Waals surface area contributed by atoms with Crippen molar-refractivity contribution in [2.75, 3.05) is 25.1 Å². The van der Waals surface area contributed by atoms with Gasteiger partial charge < -0.3 is 10.2 Å². The third-order valence-electron chi connectivity index (χ3n) is 3.01. The Bertz CT molecular complexity index is 359. The first-order valence-electron chi connectivity index (χ1n) is 5.97. The average Bonchev–Trinajstić information content (AvgIpc) is 2.15. The van der Waals surface area contributed by atoms with Gasteiger partial charge in [0.25, 0.3) is 0 Å². The number of likely N-dealkylation sites (tertiary alicyclic amines) is 1. The molecule has 0 bridgehead atoms. The second-order valence-electron chi connectivity index (χ2n) is 4.94. The zero-order valence-corrected chi connectivity index (χ0v) is 11.6. The minimum atomic E-state index is -2.93. The van der Waals surface area contributed by atoms with Crippen molar-refractivity contribution in [2.24, 2.45) is 0 Å². The molecule has 0 spiro atoms. The standard InChI is InChI=1S/C11H22N2O3S/c1-9(8-17(3,15)16)12-11-4-6-13(7-5-11)10(2)14/h9,11-12H,4-8H2,1-3H3. The fraction of sp³-hybridized carbons (Fsp3) is 0.909. The summed E-state index contributed by atoms with van der Waals surface area (Å²) in [5.74, 6) is 0.285. The Morgan fingerprint density at radius 3 is 2.35 bits per heavy atom. The quantitative estimate of drug-likeness (QED) is 0.775. The average molecular weight is 262 g/mol. The van der Waals surface area contributed by atoms with Gasteiger partial charge in [0.1, 0.15) is 9.84 Å². The summed E-state index contributed by atoms with van der Waals surface area (Å²) in [4.78, 5) is 13.0. The maximum atomic E-state index is 11.1. The molecule has 1 amide bonds. The molecule has 17 heavy (non-hydrogen) atoms. The molecule has 1 saturated heterocycles. The van der Waals surface area contributed by atoms with E-state index in [4.69, 9.17) is 0 Å². The highest BCUT2D eigenvalue weighted by atomic mass is 32.2. The van der Waals surface area contributed by atoms with Crippen molar-refractivity contribution in [1.82, 2.24) is 10.2 Å². The van der Waals surface area contributed by atoms with Gasteiger partial charge in [0.05, 0.1) is 5.75 Å². The molecule has 1 heterocycles. The maximum Gasteiger partial charge on any atom is 0.219 e. The van der Waals surface area contributed by atoms with E-state index < -0.39 is 9.84 Å². The molecule has 1 N–H and O–H groups in total. The highest BCUT2D eigenvalue weighted by Gasteiger charge is 2.22. The number of amides is 1. The van der Waals surface area contributed by atoms with Crippen LogP contribution in [0.25, 0.3) is 0 Å². The summed E-state index contributed by atoms with van der Waals surface area (Å²) in [6.07, 6.45) is 3.05. The monoisotopic (exact) mass is 262 g/mol. The third kappa shape index (κ3) is 5.50. The summed E-state index contributed by atoms with van der Waals surface area (Å²) in [5, 5.41) is 3.32. The first-order valence-corrected chi connectivity index (χ1v) is 8.03. The second-order valence-corrected chi connectivity index (χ2v) is 7.13. The van der Waals surface area contributed by atoms with Crippen LogP contribution in [-0.4, -0.2) is 56.4 Å². The van der Waals surface area contributed by atoms with E-state index in [2.05, 4.69) is 5.32 Å². The van der Waals surface area contributed by atoms with Crippen LogP contribution in [0.4, 0.5) is 0 Å². The van der Waals surface area contributed by atoms with Crippen molar-refractivity contribution in [2.45, 2.75) is 38.8 Å². The van der Waals surface area contributed by atoms with Crippen LogP contribution >= 0.6 is 0 Å². The lowest BCUT2D eigenvalue weighted by Crippen LogP contribution is -2.48. The number of nitrogens with zero attached hydrogens (tertiary/aromatic N) is 1. The molecular weight excluding hydrogens is 240 g/mol. The summed E-state index contributed by atoms with van der Waals surface area (Å²) >= 11 is 0. The van der Waals surface area contributed by atoms with Crippen molar-refractivity contribution in [3.05, 3.63) is 0 Å². The number of carbonyl (C=O) groups is 1. The number of piperidine rings is 1. The number of nitrogens with one attached hydrogen (secondary N) is 1. The SMILES string of the molecule is CC(=O)N1CCC(NC(C)CS(C)(=O)=O)CC1. The van der Waals surface area contributed by atoms with Crippen LogP contribution in [0.1, 0.15) is 26.7 Å². The van der Waals surface area contributed by atoms with Gasteiger partial charge in [0.15, 0.2) is 0 Å². The molecule has 100 valence electrons. The lowest BCUT2D eigenvalue weighted by Gasteiger charge is -2.33. The molecular formula is C11H22N2O3S.